The number of rotatable bonds is 6. The number of piperazine rings is 1. The van der Waals surface area contributed by atoms with E-state index >= 15 is 0 Å². The molecule has 6 nitrogen and oxygen atoms in total. The van der Waals surface area contributed by atoms with Gasteiger partial charge in [0.15, 0.2) is 0 Å². The molecule has 3 rings (SSSR count). The highest BCUT2D eigenvalue weighted by Crippen LogP contribution is 2.21. The lowest BCUT2D eigenvalue weighted by Gasteiger charge is -2.46. The van der Waals surface area contributed by atoms with Crippen LogP contribution in [0.1, 0.15) is 43.6 Å². The molecule has 4 N–H and O–H groups in total. The van der Waals surface area contributed by atoms with E-state index in [2.05, 4.69) is 29.0 Å². The average Bonchev–Trinajstić information content (AvgIpc) is 2.66. The number of nitrogens with zero attached hydrogens (tertiary/aromatic N) is 2. The minimum absolute atomic E-state index is 0.165. The molecule has 0 aromatic heterocycles. The molecule has 1 aliphatic heterocycles. The third-order valence-electron chi connectivity index (χ3n) is 5.58. The summed E-state index contributed by atoms with van der Waals surface area (Å²) in [5, 5.41) is 13.1. The number of β-amino-alcohol motifs (C(OH)–C–C–N with tert-alkyl or cyclic N) is 1. The molecule has 1 saturated heterocycles. The summed E-state index contributed by atoms with van der Waals surface area (Å²) in [7, 11) is 0. The molecule has 0 saturated carbocycles. The SMILES string of the molecule is C[C@@H]1CN(Cc2ccc(C(=O)Nc3ccccc3N)cc2)C[C@H](C)N1CC(C)(C)O. The van der Waals surface area contributed by atoms with Crippen LogP contribution in [-0.2, 0) is 6.54 Å². The highest BCUT2D eigenvalue weighted by atomic mass is 16.3. The minimum Gasteiger partial charge on any atom is -0.397 e. The van der Waals surface area contributed by atoms with E-state index < -0.39 is 5.60 Å². The summed E-state index contributed by atoms with van der Waals surface area (Å²) in [4.78, 5) is 17.3. The minimum atomic E-state index is -0.689. The Morgan fingerprint density at radius 3 is 2.27 bits per heavy atom. The Hall–Kier alpha value is -2.41. The Labute approximate surface area is 179 Å². The summed E-state index contributed by atoms with van der Waals surface area (Å²) in [6.45, 7) is 11.6. The maximum atomic E-state index is 12.5. The molecule has 1 heterocycles. The molecule has 1 aliphatic rings. The van der Waals surface area contributed by atoms with Gasteiger partial charge in [-0.05, 0) is 57.5 Å². The topological polar surface area (TPSA) is 81.8 Å². The first-order valence-electron chi connectivity index (χ1n) is 10.6. The number of carbonyl (C=O) groups is 1. The number of benzene rings is 2. The van der Waals surface area contributed by atoms with E-state index in [1.54, 1.807) is 12.1 Å². The summed E-state index contributed by atoms with van der Waals surface area (Å²) < 4.78 is 0. The molecular weight excluding hydrogens is 376 g/mol. The molecule has 1 fully saturated rings. The van der Waals surface area contributed by atoms with Crippen molar-refractivity contribution >= 4 is 17.3 Å². The van der Waals surface area contributed by atoms with Crippen molar-refractivity contribution < 1.29 is 9.90 Å². The summed E-state index contributed by atoms with van der Waals surface area (Å²) in [6.07, 6.45) is 0. The van der Waals surface area contributed by atoms with E-state index in [1.807, 2.05) is 50.2 Å². The van der Waals surface area contributed by atoms with E-state index in [0.717, 1.165) is 19.6 Å². The van der Waals surface area contributed by atoms with Gasteiger partial charge in [-0.15, -0.1) is 0 Å². The van der Waals surface area contributed by atoms with E-state index in [1.165, 1.54) is 5.56 Å². The molecule has 1 amide bonds. The molecule has 0 aliphatic carbocycles. The van der Waals surface area contributed by atoms with Crippen LogP contribution in [0.5, 0.6) is 0 Å². The van der Waals surface area contributed by atoms with E-state index in [9.17, 15) is 9.90 Å². The van der Waals surface area contributed by atoms with Crippen molar-refractivity contribution in [3.63, 3.8) is 0 Å². The Morgan fingerprint density at radius 1 is 1.10 bits per heavy atom. The lowest BCUT2D eigenvalue weighted by Crippen LogP contribution is -2.59. The van der Waals surface area contributed by atoms with E-state index in [4.69, 9.17) is 5.73 Å². The molecule has 2 aromatic carbocycles. The molecule has 0 unspecified atom stereocenters. The first-order valence-corrected chi connectivity index (χ1v) is 10.6. The van der Waals surface area contributed by atoms with Crippen LogP contribution < -0.4 is 11.1 Å². The second-order valence-corrected chi connectivity index (χ2v) is 9.12. The van der Waals surface area contributed by atoms with Crippen LogP contribution >= 0.6 is 0 Å². The number of anilines is 2. The fraction of sp³-hybridized carbons (Fsp3) is 0.458. The zero-order valence-electron chi connectivity index (χ0n) is 18.4. The fourth-order valence-corrected chi connectivity index (χ4v) is 4.18. The van der Waals surface area contributed by atoms with Crippen molar-refractivity contribution in [2.45, 2.75) is 51.9 Å². The van der Waals surface area contributed by atoms with Gasteiger partial charge in [0.25, 0.3) is 5.91 Å². The van der Waals surface area contributed by atoms with Gasteiger partial charge in [0.1, 0.15) is 0 Å². The molecule has 0 spiro atoms. The van der Waals surface area contributed by atoms with Gasteiger partial charge in [-0.1, -0.05) is 24.3 Å². The average molecular weight is 411 g/mol. The molecule has 0 radical (unpaired) electrons. The molecule has 6 heteroatoms. The monoisotopic (exact) mass is 410 g/mol. The quantitative estimate of drug-likeness (QED) is 0.637. The highest BCUT2D eigenvalue weighted by molar-refractivity contribution is 6.05. The number of nitrogens with one attached hydrogen (secondary N) is 1. The number of para-hydroxylation sites is 2. The second-order valence-electron chi connectivity index (χ2n) is 9.12. The number of hydrogen-bond donors (Lipinski definition) is 3. The fourth-order valence-electron chi connectivity index (χ4n) is 4.18. The van der Waals surface area contributed by atoms with Crippen LogP contribution in [0.15, 0.2) is 48.5 Å². The zero-order valence-corrected chi connectivity index (χ0v) is 18.4. The Balaban J connectivity index is 1.58. The van der Waals surface area contributed by atoms with Gasteiger partial charge in [-0.2, -0.15) is 0 Å². The molecule has 2 aromatic rings. The number of amides is 1. The lowest BCUT2D eigenvalue weighted by atomic mass is 10.0. The van der Waals surface area contributed by atoms with Crippen molar-refractivity contribution in [1.82, 2.24) is 9.80 Å². The summed E-state index contributed by atoms with van der Waals surface area (Å²) in [6, 6.07) is 15.8. The standard InChI is InChI=1S/C24H34N4O2/c1-17-13-27(14-18(2)28(17)16-24(3,4)30)15-19-9-11-20(12-10-19)23(29)26-22-8-6-5-7-21(22)25/h5-12,17-18,30H,13-16,25H2,1-4H3,(H,26,29)/t17-,18+. The van der Waals surface area contributed by atoms with E-state index in [0.29, 0.717) is 35.6 Å². The normalized spacial score (nSPS) is 20.8. The van der Waals surface area contributed by atoms with Crippen LogP contribution in [-0.4, -0.2) is 58.1 Å². The molecule has 0 bridgehead atoms. The van der Waals surface area contributed by atoms with Crippen molar-refractivity contribution in [3.8, 4) is 0 Å². The predicted molar refractivity (Wildman–Crippen MR) is 122 cm³/mol. The van der Waals surface area contributed by atoms with Crippen molar-refractivity contribution in [2.24, 2.45) is 0 Å². The Kier molecular flexibility index (Phi) is 6.81. The van der Waals surface area contributed by atoms with Crippen molar-refractivity contribution in [2.75, 3.05) is 30.7 Å². The maximum Gasteiger partial charge on any atom is 0.255 e. The van der Waals surface area contributed by atoms with E-state index in [-0.39, 0.29) is 5.91 Å². The van der Waals surface area contributed by atoms with Crippen LogP contribution in [0.4, 0.5) is 11.4 Å². The largest absolute Gasteiger partial charge is 0.397 e. The Bertz CT molecular complexity index is 848. The van der Waals surface area contributed by atoms with Crippen LogP contribution in [0.25, 0.3) is 0 Å². The number of nitrogen functional groups attached to an aromatic ring is 1. The van der Waals surface area contributed by atoms with Gasteiger partial charge in [0, 0.05) is 43.8 Å². The number of nitrogens with two attached hydrogens (primary N) is 1. The van der Waals surface area contributed by atoms with Gasteiger partial charge < -0.3 is 16.2 Å². The molecular formula is C24H34N4O2. The third kappa shape index (κ3) is 5.81. The smallest absolute Gasteiger partial charge is 0.255 e. The van der Waals surface area contributed by atoms with Crippen LogP contribution in [0, 0.1) is 0 Å². The van der Waals surface area contributed by atoms with Crippen LogP contribution in [0.2, 0.25) is 0 Å². The second kappa shape index (κ2) is 9.16. The Morgan fingerprint density at radius 2 is 1.70 bits per heavy atom. The summed E-state index contributed by atoms with van der Waals surface area (Å²) >= 11 is 0. The number of aliphatic hydroxyl groups is 1. The molecule has 162 valence electrons. The van der Waals surface area contributed by atoms with Gasteiger partial charge in [0.05, 0.1) is 17.0 Å². The summed E-state index contributed by atoms with van der Waals surface area (Å²) in [5.41, 5.74) is 8.18. The van der Waals surface area contributed by atoms with Crippen molar-refractivity contribution in [1.29, 1.82) is 0 Å². The molecule has 2 atom stereocenters. The van der Waals surface area contributed by atoms with Gasteiger partial charge in [0.2, 0.25) is 0 Å². The number of hydrogen-bond acceptors (Lipinski definition) is 5. The maximum absolute atomic E-state index is 12.5. The third-order valence-corrected chi connectivity index (χ3v) is 5.58. The highest BCUT2D eigenvalue weighted by Gasteiger charge is 2.32. The predicted octanol–water partition coefficient (Wildman–Crippen LogP) is 3.19. The number of carbonyl (C=O) groups excluding carboxylic acids is 1. The zero-order chi connectivity index (χ0) is 21.9. The molecule has 30 heavy (non-hydrogen) atoms. The first-order chi connectivity index (χ1) is 14.1. The first kappa shape index (κ1) is 22.3. The van der Waals surface area contributed by atoms with Gasteiger partial charge in [-0.3, -0.25) is 14.6 Å². The lowest BCUT2D eigenvalue weighted by molar-refractivity contribution is -0.0300. The summed E-state index contributed by atoms with van der Waals surface area (Å²) in [5.74, 6) is -0.165. The van der Waals surface area contributed by atoms with Crippen molar-refractivity contribution in [3.05, 3.63) is 59.7 Å². The van der Waals surface area contributed by atoms with Gasteiger partial charge >= 0.3 is 0 Å². The van der Waals surface area contributed by atoms with Gasteiger partial charge in [-0.25, -0.2) is 0 Å². The van der Waals surface area contributed by atoms with Crippen LogP contribution in [0.3, 0.4) is 0 Å².